The summed E-state index contributed by atoms with van der Waals surface area (Å²) < 4.78 is 44.8. The predicted octanol–water partition coefficient (Wildman–Crippen LogP) is 1.25. The van der Waals surface area contributed by atoms with Crippen molar-refractivity contribution in [3.63, 3.8) is 0 Å². The highest BCUT2D eigenvalue weighted by Crippen LogP contribution is 2.41. The largest absolute Gasteiger partial charge is 0.459 e. The Bertz CT molecular complexity index is 1740. The Balaban J connectivity index is 1.77. The van der Waals surface area contributed by atoms with Gasteiger partial charge in [0.25, 0.3) is 0 Å². The number of amides is 1. The zero-order valence-corrected chi connectivity index (χ0v) is 42.5. The van der Waals surface area contributed by atoms with Crippen LogP contribution in [0.15, 0.2) is 12.5 Å². The Kier molecular flexibility index (Phi) is 19.8. The van der Waals surface area contributed by atoms with Gasteiger partial charge in [-0.1, -0.05) is 20.8 Å². The van der Waals surface area contributed by atoms with Crippen molar-refractivity contribution in [1.82, 2.24) is 25.1 Å². The monoisotopic (exact) mass is 957 g/mol. The highest BCUT2D eigenvalue weighted by molar-refractivity contribution is 5.87. The van der Waals surface area contributed by atoms with Crippen LogP contribution in [-0.2, 0) is 54.0 Å². The van der Waals surface area contributed by atoms with Crippen LogP contribution in [0.3, 0.4) is 0 Å². The number of ether oxygens (including phenoxy) is 7. The van der Waals surface area contributed by atoms with E-state index in [1.165, 1.54) is 27.3 Å². The number of aromatic amines is 1. The molecule has 3 aliphatic rings. The zero-order chi connectivity index (χ0) is 50.5. The summed E-state index contributed by atoms with van der Waals surface area (Å²) in [5, 5.41) is 50.7. The minimum Gasteiger partial charge on any atom is -0.459 e. The molecule has 4 rings (SSSR count). The van der Waals surface area contributed by atoms with Crippen LogP contribution in [0.25, 0.3) is 0 Å². The van der Waals surface area contributed by atoms with Gasteiger partial charge in [0.2, 0.25) is 5.91 Å². The lowest BCUT2D eigenvalue weighted by Gasteiger charge is -2.49. The van der Waals surface area contributed by atoms with E-state index in [9.17, 15) is 34.8 Å². The predicted molar refractivity (Wildman–Crippen MR) is 246 cm³/mol. The van der Waals surface area contributed by atoms with Crippen molar-refractivity contribution in [1.29, 1.82) is 0 Å². The average molecular weight is 957 g/mol. The number of methoxy groups -OCH3 is 1. The average Bonchev–Trinajstić information content (AvgIpc) is 3.76. The van der Waals surface area contributed by atoms with E-state index in [0.717, 1.165) is 0 Å². The molecule has 20 heteroatoms. The second-order valence-electron chi connectivity index (χ2n) is 20.7. The van der Waals surface area contributed by atoms with Gasteiger partial charge in [-0.3, -0.25) is 9.59 Å². The molecule has 0 aromatic carbocycles. The van der Waals surface area contributed by atoms with Crippen molar-refractivity contribution in [3.8, 4) is 0 Å². The first-order chi connectivity index (χ1) is 31.1. The Labute approximate surface area is 397 Å². The summed E-state index contributed by atoms with van der Waals surface area (Å²) in [5.41, 5.74) is 1.56. The van der Waals surface area contributed by atoms with Crippen LogP contribution in [0.5, 0.6) is 0 Å². The fraction of sp³-hybridized carbons (Fsp3) is 0.872. The number of rotatable bonds is 13. The van der Waals surface area contributed by atoms with Crippen molar-refractivity contribution in [2.24, 2.45) is 23.5 Å². The van der Waals surface area contributed by atoms with Crippen LogP contribution >= 0.6 is 0 Å². The minimum absolute atomic E-state index is 0.0121. The molecule has 3 saturated heterocycles. The Hall–Kier alpha value is -2.86. The first kappa shape index (κ1) is 56.7. The molecule has 0 radical (unpaired) electrons. The highest BCUT2D eigenvalue weighted by atomic mass is 16.7. The number of carbonyl (C=O) groups is 3. The number of aromatic nitrogens is 2. The van der Waals surface area contributed by atoms with Crippen molar-refractivity contribution in [2.45, 2.75) is 211 Å². The fourth-order valence-electron chi connectivity index (χ4n) is 10.3. The summed E-state index contributed by atoms with van der Waals surface area (Å²) in [5.74, 6) is -4.27. The molecule has 386 valence electrons. The molecule has 6 unspecified atom stereocenters. The van der Waals surface area contributed by atoms with Gasteiger partial charge in [-0.15, -0.1) is 0 Å². The van der Waals surface area contributed by atoms with Gasteiger partial charge < -0.3 is 79.4 Å². The first-order valence-corrected chi connectivity index (χ1v) is 23.9. The van der Waals surface area contributed by atoms with E-state index in [4.69, 9.17) is 38.9 Å². The van der Waals surface area contributed by atoms with E-state index in [1.807, 2.05) is 44.8 Å². The Morgan fingerprint density at radius 1 is 1.06 bits per heavy atom. The molecule has 1 aromatic heterocycles. The quantitative estimate of drug-likeness (QED) is 0.137. The number of cyclic esters (lactones) is 1. The van der Waals surface area contributed by atoms with Gasteiger partial charge in [-0.05, 0) is 102 Å². The lowest BCUT2D eigenvalue weighted by atomic mass is 9.77. The van der Waals surface area contributed by atoms with Gasteiger partial charge in [-0.25, -0.2) is 9.78 Å². The fourth-order valence-corrected chi connectivity index (χ4v) is 10.3. The van der Waals surface area contributed by atoms with Crippen molar-refractivity contribution in [2.75, 3.05) is 34.8 Å². The molecule has 20 nitrogen and oxygen atoms in total. The third kappa shape index (κ3) is 13.7. The van der Waals surface area contributed by atoms with E-state index in [0.29, 0.717) is 18.7 Å². The van der Waals surface area contributed by atoms with Crippen LogP contribution in [-0.4, -0.2) is 195 Å². The molecule has 3 aliphatic heterocycles. The minimum atomic E-state index is -1.87. The summed E-state index contributed by atoms with van der Waals surface area (Å²) in [6.45, 7) is 19.2. The lowest BCUT2D eigenvalue weighted by Crippen LogP contribution is -2.61. The van der Waals surface area contributed by atoms with Gasteiger partial charge in [-0.2, -0.15) is 0 Å². The zero-order valence-electron chi connectivity index (χ0n) is 42.5. The summed E-state index contributed by atoms with van der Waals surface area (Å²) in [7, 11) is 7.01. The van der Waals surface area contributed by atoms with E-state index in [1.54, 1.807) is 54.7 Å². The Morgan fingerprint density at radius 2 is 1.72 bits per heavy atom. The molecule has 1 aromatic rings. The molecular formula is C47H84N6O14. The molecule has 3 fully saturated rings. The van der Waals surface area contributed by atoms with Crippen LogP contribution in [0, 0.1) is 17.8 Å². The number of likely N-dealkylation sites (N-methyl/N-ethyl adjacent to an activating group) is 2. The summed E-state index contributed by atoms with van der Waals surface area (Å²) in [6.07, 6.45) is -6.47. The topological polar surface area (TPSA) is 270 Å². The number of hydrogen-bond donors (Lipinski definition) is 7. The number of nitrogens with two attached hydrogens (primary N) is 1. The van der Waals surface area contributed by atoms with Gasteiger partial charge in [0.1, 0.15) is 35.6 Å². The van der Waals surface area contributed by atoms with Gasteiger partial charge in [0.15, 0.2) is 18.7 Å². The molecular weight excluding hydrogens is 873 g/mol. The van der Waals surface area contributed by atoms with Crippen molar-refractivity contribution in [3.05, 3.63) is 18.2 Å². The Morgan fingerprint density at radius 3 is 2.28 bits per heavy atom. The molecule has 0 spiro atoms. The van der Waals surface area contributed by atoms with E-state index < -0.39 is 120 Å². The number of nitrogens with one attached hydrogen (secondary N) is 2. The molecule has 1 amide bonds. The van der Waals surface area contributed by atoms with Crippen molar-refractivity contribution >= 4 is 17.8 Å². The lowest BCUT2D eigenvalue weighted by molar-refractivity contribution is -0.319. The van der Waals surface area contributed by atoms with Gasteiger partial charge in [0.05, 0.1) is 54.0 Å². The number of carbonyl (C=O) groups excluding carboxylic acids is 3. The van der Waals surface area contributed by atoms with Crippen LogP contribution in [0.2, 0.25) is 0 Å². The number of aliphatic hydroxyl groups excluding tert-OH is 2. The summed E-state index contributed by atoms with van der Waals surface area (Å²) >= 11 is 0. The maximum atomic E-state index is 14.6. The van der Waals surface area contributed by atoms with Crippen LogP contribution < -0.4 is 11.1 Å². The first-order valence-electron chi connectivity index (χ1n) is 23.9. The maximum absolute atomic E-state index is 14.6. The molecule has 20 atom stereocenters. The van der Waals surface area contributed by atoms with Gasteiger partial charge in [0, 0.05) is 50.7 Å². The second kappa shape index (κ2) is 23.4. The molecule has 4 heterocycles. The molecule has 67 heavy (non-hydrogen) atoms. The highest BCUT2D eigenvalue weighted by Gasteiger charge is 2.54. The molecule has 0 aliphatic carbocycles. The number of imidazole rings is 1. The third-order valence-corrected chi connectivity index (χ3v) is 14.4. The molecule has 8 N–H and O–H groups in total. The number of aliphatic hydroxyl groups is 4. The van der Waals surface area contributed by atoms with Gasteiger partial charge >= 0.3 is 11.9 Å². The van der Waals surface area contributed by atoms with Crippen LogP contribution in [0.4, 0.5) is 0 Å². The van der Waals surface area contributed by atoms with E-state index in [-0.39, 0.29) is 43.7 Å². The second-order valence-corrected chi connectivity index (χ2v) is 20.7. The SMILES string of the molecule is CC[C@H]1OC(=O)[C@H](C)[C@@H](O[C@H]2CC(C)(OC)[C@@H](OC(=O)C(Cc3c[nH]cn3)NC(=O)C(C)N)C(C)O2)[C@H](C)[C@@H](O[C@@H]2O[C@H](C)CC(N(C)C)C2O)[C@](C)(O)C[C@@H](C)CN(C)[C@H](C)[C@@H](O)[C@]1(C)O. The standard InChI is InChI=1S/C47H84N6O14/c1-16-34-47(11,60)38(55)29(7)53(14)22-24(2)19-45(9,59)39(67-44-36(54)33(52(12)13)17-25(3)62-44)26(4)37(27(5)42(57)64-34)65-35-20-46(10,61-15)40(30(8)63-35)66-43(58)32(51-41(56)28(6)48)18-31-21-49-23-50-31/h21,23-30,32-40,44,54-55,59-60H,16-20,22,48H2,1-15H3,(H,49,50)(H,51,56)/t24-,25-,26+,27-,28?,29-,30?,32?,33?,34-,35+,36?,37+,38-,39-,40+,44+,45-,46?,47-/m1/s1. The van der Waals surface area contributed by atoms with Crippen molar-refractivity contribution < 1.29 is 68.0 Å². The van der Waals surface area contributed by atoms with E-state index >= 15 is 0 Å². The molecule has 0 saturated carbocycles. The number of H-pyrrole nitrogens is 1. The molecule has 0 bridgehead atoms. The number of nitrogens with zero attached hydrogens (tertiary/aromatic N) is 3. The smallest absolute Gasteiger partial charge is 0.329 e. The summed E-state index contributed by atoms with van der Waals surface area (Å²) in [6, 6.07) is -2.98. The normalized spacial score (nSPS) is 41.9. The number of hydrogen-bond acceptors (Lipinski definition) is 18. The number of esters is 2. The summed E-state index contributed by atoms with van der Waals surface area (Å²) in [4.78, 5) is 52.1. The van der Waals surface area contributed by atoms with E-state index in [2.05, 4.69) is 15.3 Å². The van der Waals surface area contributed by atoms with Crippen LogP contribution in [0.1, 0.15) is 108 Å². The maximum Gasteiger partial charge on any atom is 0.329 e. The third-order valence-electron chi connectivity index (χ3n) is 14.4.